The highest BCUT2D eigenvalue weighted by molar-refractivity contribution is 9.11. The molecule has 0 fully saturated rings. The van der Waals surface area contributed by atoms with Crippen molar-refractivity contribution in [1.29, 1.82) is 0 Å². The predicted molar refractivity (Wildman–Crippen MR) is 534 cm³/mol. The van der Waals surface area contributed by atoms with Crippen LogP contribution < -0.4 is 20.7 Å². The minimum atomic E-state index is -2.11. The molecular weight excluding hydrogens is 1580 g/mol. The highest BCUT2D eigenvalue weighted by Crippen LogP contribution is 2.42. The maximum absolute atomic E-state index is 5.97. The first-order valence-corrected chi connectivity index (χ1v) is 61.7. The highest BCUT2D eigenvalue weighted by atomic mass is 79.9. The third kappa shape index (κ3) is 30.2. The molecule has 0 atom stereocenters. The zero-order chi connectivity index (χ0) is 81.5. The number of halogens is 2. The molecule has 114 heavy (non-hydrogen) atoms. The van der Waals surface area contributed by atoms with Crippen molar-refractivity contribution in [2.24, 2.45) is 0 Å². The van der Waals surface area contributed by atoms with Crippen LogP contribution in [0.25, 0.3) is 68.6 Å². The Hall–Kier alpha value is -3.13. The van der Waals surface area contributed by atoms with Gasteiger partial charge in [0.2, 0.25) is 0 Å². The fraction of sp³-hybridized carbons (Fsp3) is 0.692. The molecule has 7 rings (SSSR count). The summed E-state index contributed by atoms with van der Waals surface area (Å²) in [5.41, 5.74) is 13.9. The van der Waals surface area contributed by atoms with Gasteiger partial charge in [0.05, 0.1) is 75.1 Å². The van der Waals surface area contributed by atoms with Crippen molar-refractivity contribution in [2.45, 2.75) is 464 Å². The lowest BCUT2D eigenvalue weighted by Gasteiger charge is -2.38. The Bertz CT molecular complexity index is 3360. The van der Waals surface area contributed by atoms with Gasteiger partial charge in [0.25, 0.3) is 0 Å². The third-order valence-electron chi connectivity index (χ3n) is 27.6. The van der Waals surface area contributed by atoms with Gasteiger partial charge in [-0.2, -0.15) is 0 Å². The van der Waals surface area contributed by atoms with E-state index in [2.05, 4.69) is 210 Å². The SMILES string of the molecule is CCCCCC[Si](CCCCCC)(CCCCCC)c1cc(-c2c3nc(c(Br)c4ccc([nH]4)c(-c4cc([Si](CCCCCC)(CCCCCC)CCCCCC)cc([Si](CCCCCC)(CCCCCC)CCCCCC)c4)c4ccc([nH]4)c(Br)c4nc2C=C4)C=C3)cc([Si](CCCCCC)(CCCCCC)CCCCCC)c1. The van der Waals surface area contributed by atoms with Crippen LogP contribution >= 0.6 is 31.9 Å². The van der Waals surface area contributed by atoms with Crippen LogP contribution in [0.5, 0.6) is 0 Å². The number of aromatic nitrogens is 4. The van der Waals surface area contributed by atoms with Crippen LogP contribution in [-0.2, 0) is 0 Å². The molecule has 0 spiro atoms. The van der Waals surface area contributed by atoms with Crippen LogP contribution in [0, 0.1) is 0 Å². The molecule has 5 heterocycles. The molecule has 0 aliphatic carbocycles. The molecule has 4 nitrogen and oxygen atoms in total. The van der Waals surface area contributed by atoms with Crippen LogP contribution in [-0.4, -0.2) is 52.2 Å². The summed E-state index contributed by atoms with van der Waals surface area (Å²) >= 11 is 8.85. The topological polar surface area (TPSA) is 57.4 Å². The quantitative estimate of drug-likeness (QED) is 0.0295. The number of unbranched alkanes of at least 4 members (excludes halogenated alkanes) is 36. The van der Waals surface area contributed by atoms with Crippen molar-refractivity contribution >= 4 is 131 Å². The molecule has 3 aromatic heterocycles. The zero-order valence-corrected chi connectivity index (χ0v) is 83.3. The van der Waals surface area contributed by atoms with Crippen molar-refractivity contribution in [3.05, 3.63) is 92.4 Å². The Kier molecular flexibility index (Phi) is 47.9. The Morgan fingerprint density at radius 2 is 0.404 bits per heavy atom. The maximum Gasteiger partial charge on any atom is 0.0867 e. The van der Waals surface area contributed by atoms with Crippen LogP contribution in [0.4, 0.5) is 0 Å². The zero-order valence-electron chi connectivity index (χ0n) is 76.2. The maximum atomic E-state index is 5.97. The molecule has 638 valence electrons. The van der Waals surface area contributed by atoms with E-state index in [0.717, 1.165) is 42.8 Å². The molecule has 2 aliphatic heterocycles. The average Bonchev–Trinajstić information content (AvgIpc) is 1.11. The van der Waals surface area contributed by atoms with E-state index < -0.39 is 32.3 Å². The van der Waals surface area contributed by atoms with Crippen LogP contribution in [0.3, 0.4) is 0 Å². The standard InChI is InChI=1S/C104H172Br2N4Si4/c1-13-25-37-49-69-111(70-50-38-26-14-2,71-51-39-27-15-3)89-81-87(82-90(85-89)112(72-52-40-28-16-4,73-53-41-29-17-5)74-54-42-30-18-6)101-93-61-65-97(107-93)103(105)99-67-63-95(109-99)102(96-64-68-100(110-96)104(106)98-66-62-94(101)108-98)88-83-91(113(75-55-43-31-19-7,76-56-44-32-20-8)77-57-45-33-21-9)86-92(84-88)114(78-58-46-34-22-10,79-59-47-35-23-11)80-60-48-36-24-12/h61-68,81-86,107-108H,13-60,69-80H2,1-12H3. The lowest BCUT2D eigenvalue weighted by Crippen LogP contribution is -2.53. The van der Waals surface area contributed by atoms with Crippen LogP contribution in [0.2, 0.25) is 72.5 Å². The lowest BCUT2D eigenvalue weighted by atomic mass is 10.0. The number of hydrogen-bond donors (Lipinski definition) is 2. The lowest BCUT2D eigenvalue weighted by molar-refractivity contribution is 0.667. The smallest absolute Gasteiger partial charge is 0.0867 e. The number of aromatic amines is 2. The average molecular weight is 1750 g/mol. The first-order chi connectivity index (χ1) is 55.8. The second kappa shape index (κ2) is 55.7. The normalized spacial score (nSPS) is 12.8. The molecule has 8 bridgehead atoms. The van der Waals surface area contributed by atoms with Crippen molar-refractivity contribution in [1.82, 2.24) is 19.9 Å². The summed E-state index contributed by atoms with van der Waals surface area (Å²) < 4.78 is 2.06. The summed E-state index contributed by atoms with van der Waals surface area (Å²) in [6, 6.07) is 44.2. The molecular formula is C104H172Br2N4Si4. The molecule has 0 saturated heterocycles. The minimum Gasteiger partial charge on any atom is -0.354 e. The van der Waals surface area contributed by atoms with Gasteiger partial charge in [-0.25, -0.2) is 9.97 Å². The number of rotatable bonds is 66. The molecule has 5 aromatic rings. The summed E-state index contributed by atoms with van der Waals surface area (Å²) in [7, 11) is -8.42. The number of benzene rings is 2. The Morgan fingerprint density at radius 1 is 0.219 bits per heavy atom. The Labute approximate surface area is 723 Å². The van der Waals surface area contributed by atoms with E-state index in [1.807, 2.05) is 10.4 Å². The number of hydrogen-bond acceptors (Lipinski definition) is 2. The van der Waals surface area contributed by atoms with Crippen LogP contribution in [0.15, 0.2) is 69.6 Å². The fourth-order valence-electron chi connectivity index (χ4n) is 20.4. The van der Waals surface area contributed by atoms with Crippen molar-refractivity contribution in [3.63, 3.8) is 0 Å². The number of nitrogens with one attached hydrogen (secondary N) is 2. The van der Waals surface area contributed by atoms with Gasteiger partial charge < -0.3 is 9.97 Å². The second-order valence-electron chi connectivity index (χ2n) is 36.8. The molecule has 2 N–H and O–H groups in total. The van der Waals surface area contributed by atoms with Gasteiger partial charge in [0.1, 0.15) is 0 Å². The molecule has 0 unspecified atom stereocenters. The minimum absolute atomic E-state index is 0.986. The van der Waals surface area contributed by atoms with Gasteiger partial charge in [-0.05, 0) is 91.6 Å². The van der Waals surface area contributed by atoms with Crippen molar-refractivity contribution < 1.29 is 0 Å². The van der Waals surface area contributed by atoms with Gasteiger partial charge in [0.15, 0.2) is 0 Å². The highest BCUT2D eigenvalue weighted by Gasteiger charge is 2.42. The van der Waals surface area contributed by atoms with Gasteiger partial charge in [-0.1, -0.05) is 521 Å². The second-order valence-corrected chi connectivity index (χ2v) is 57.0. The first kappa shape index (κ1) is 98.0. The third-order valence-corrected chi connectivity index (χ3v) is 51.1. The predicted octanol–water partition coefficient (Wildman–Crippen LogP) is 35.1. The Morgan fingerprint density at radius 3 is 0.605 bits per heavy atom. The summed E-state index contributed by atoms with van der Waals surface area (Å²) in [4.78, 5) is 20.5. The monoisotopic (exact) mass is 1750 g/mol. The van der Waals surface area contributed by atoms with Gasteiger partial charge >= 0.3 is 0 Å². The summed E-state index contributed by atoms with van der Waals surface area (Å²) in [6.07, 6.45) is 73.9. The summed E-state index contributed by atoms with van der Waals surface area (Å²) in [6.45, 7) is 29.0. The fourth-order valence-corrected chi connectivity index (χ4v) is 42.9. The van der Waals surface area contributed by atoms with E-state index in [1.165, 1.54) is 414 Å². The number of H-pyrrole nitrogens is 2. The molecule has 2 aliphatic rings. The Balaban J connectivity index is 1.65. The van der Waals surface area contributed by atoms with Crippen molar-refractivity contribution in [3.8, 4) is 22.3 Å². The van der Waals surface area contributed by atoms with Crippen LogP contribution in [0.1, 0.15) is 414 Å². The van der Waals surface area contributed by atoms with E-state index in [4.69, 9.17) is 9.97 Å². The van der Waals surface area contributed by atoms with E-state index in [9.17, 15) is 0 Å². The first-order valence-electron chi connectivity index (χ1n) is 49.6. The summed E-state index contributed by atoms with van der Waals surface area (Å²) in [5.74, 6) is 0. The molecule has 2 aromatic carbocycles. The molecule has 0 amide bonds. The van der Waals surface area contributed by atoms with E-state index in [1.54, 1.807) is 10.4 Å². The van der Waals surface area contributed by atoms with Gasteiger partial charge in [-0.3, -0.25) is 0 Å². The van der Waals surface area contributed by atoms with Gasteiger partial charge in [0, 0.05) is 22.2 Å². The van der Waals surface area contributed by atoms with E-state index in [-0.39, 0.29) is 0 Å². The number of nitrogens with zero attached hydrogens (tertiary/aromatic N) is 2. The number of fused-ring (bicyclic) bond motifs is 8. The van der Waals surface area contributed by atoms with Gasteiger partial charge in [-0.15, -0.1) is 0 Å². The summed E-state index contributed by atoms with van der Waals surface area (Å²) in [5, 5.41) is 7.23. The van der Waals surface area contributed by atoms with E-state index in [0.29, 0.717) is 0 Å². The molecule has 0 saturated carbocycles. The largest absolute Gasteiger partial charge is 0.354 e. The molecule has 10 heteroatoms. The van der Waals surface area contributed by atoms with E-state index >= 15 is 0 Å². The molecule has 0 radical (unpaired) electrons. The van der Waals surface area contributed by atoms with Crippen molar-refractivity contribution in [2.75, 3.05) is 0 Å².